The molecule has 4 heteroatoms. The number of nitrogens with one attached hydrogen (secondary N) is 1. The van der Waals surface area contributed by atoms with Gasteiger partial charge in [-0.1, -0.05) is 18.2 Å². The molecule has 0 aromatic heterocycles. The number of rotatable bonds is 3. The first-order valence-electron chi connectivity index (χ1n) is 4.29. The summed E-state index contributed by atoms with van der Waals surface area (Å²) >= 11 is 0. The van der Waals surface area contributed by atoms with Crippen LogP contribution in [0.3, 0.4) is 0 Å². The zero-order valence-electron chi connectivity index (χ0n) is 7.77. The summed E-state index contributed by atoms with van der Waals surface area (Å²) in [5.74, 6) is -0.828. The van der Waals surface area contributed by atoms with Crippen LogP contribution in [0.1, 0.15) is 6.92 Å². The molecular weight excluding hydrogens is 185 g/mol. The minimum Gasteiger partial charge on any atom is -0.390 e. The van der Waals surface area contributed by atoms with Crippen LogP contribution in [-0.4, -0.2) is 23.3 Å². The fraction of sp³-hybridized carbons (Fsp3) is 0.300. The van der Waals surface area contributed by atoms with Gasteiger partial charge >= 0.3 is 0 Å². The van der Waals surface area contributed by atoms with Crippen LogP contribution >= 0.6 is 0 Å². The molecule has 1 amide bonds. The van der Waals surface area contributed by atoms with E-state index in [0.717, 1.165) is 0 Å². The van der Waals surface area contributed by atoms with Crippen molar-refractivity contribution >= 4 is 11.6 Å². The lowest BCUT2D eigenvalue weighted by molar-refractivity contribution is -0.124. The van der Waals surface area contributed by atoms with E-state index in [1.165, 1.54) is 6.92 Å². The van der Waals surface area contributed by atoms with Crippen LogP contribution in [0.5, 0.6) is 0 Å². The van der Waals surface area contributed by atoms with Crippen LogP contribution in [0.4, 0.5) is 10.1 Å². The molecule has 1 aromatic rings. The van der Waals surface area contributed by atoms with E-state index in [9.17, 15) is 9.18 Å². The van der Waals surface area contributed by atoms with Gasteiger partial charge in [0.2, 0.25) is 6.17 Å². The number of carbonyl (C=O) groups is 1. The Morgan fingerprint density at radius 3 is 2.50 bits per heavy atom. The fourth-order valence-electron chi connectivity index (χ4n) is 0.952. The average molecular weight is 197 g/mol. The number of halogens is 1. The second-order valence-corrected chi connectivity index (χ2v) is 3.00. The first kappa shape index (κ1) is 10.7. The molecule has 1 rings (SSSR count). The van der Waals surface area contributed by atoms with Gasteiger partial charge < -0.3 is 10.4 Å². The molecule has 0 heterocycles. The Morgan fingerprint density at radius 2 is 2.00 bits per heavy atom. The summed E-state index contributed by atoms with van der Waals surface area (Å²) in [5.41, 5.74) is 0.515. The molecule has 3 nitrogen and oxygen atoms in total. The highest BCUT2D eigenvalue weighted by molar-refractivity contribution is 5.94. The van der Waals surface area contributed by atoms with Gasteiger partial charge in [-0.2, -0.15) is 0 Å². The summed E-state index contributed by atoms with van der Waals surface area (Å²) in [4.78, 5) is 11.1. The Labute approximate surface area is 81.6 Å². The number of aliphatic hydroxyl groups is 1. The van der Waals surface area contributed by atoms with E-state index in [1.54, 1.807) is 30.3 Å². The van der Waals surface area contributed by atoms with E-state index in [0.29, 0.717) is 5.69 Å². The Hall–Kier alpha value is -1.42. The van der Waals surface area contributed by atoms with E-state index in [-0.39, 0.29) is 0 Å². The van der Waals surface area contributed by atoms with Gasteiger partial charge in [0.15, 0.2) is 0 Å². The van der Waals surface area contributed by atoms with E-state index in [4.69, 9.17) is 5.11 Å². The largest absolute Gasteiger partial charge is 0.390 e. The first-order chi connectivity index (χ1) is 6.61. The first-order valence-corrected chi connectivity index (χ1v) is 4.29. The van der Waals surface area contributed by atoms with Crippen molar-refractivity contribution in [1.29, 1.82) is 0 Å². The van der Waals surface area contributed by atoms with Gasteiger partial charge in [0.1, 0.15) is 0 Å². The molecular formula is C10H12FNO2. The minimum atomic E-state index is -1.89. The number of alkyl halides is 1. The van der Waals surface area contributed by atoms with Gasteiger partial charge in [0, 0.05) is 5.69 Å². The zero-order valence-corrected chi connectivity index (χ0v) is 7.77. The van der Waals surface area contributed by atoms with E-state index in [2.05, 4.69) is 5.32 Å². The van der Waals surface area contributed by atoms with Gasteiger partial charge in [0.25, 0.3) is 5.91 Å². The molecule has 0 saturated carbocycles. The lowest BCUT2D eigenvalue weighted by Crippen LogP contribution is -2.32. The monoisotopic (exact) mass is 197 g/mol. The normalized spacial score (nSPS) is 14.5. The molecule has 0 radical (unpaired) electrons. The predicted octanol–water partition coefficient (Wildman–Crippen LogP) is 1.34. The predicted molar refractivity (Wildman–Crippen MR) is 51.6 cm³/mol. The summed E-state index contributed by atoms with van der Waals surface area (Å²) in [6.07, 6.45) is -3.19. The van der Waals surface area contributed by atoms with Crippen molar-refractivity contribution in [3.8, 4) is 0 Å². The lowest BCUT2D eigenvalue weighted by Gasteiger charge is -2.11. The highest BCUT2D eigenvalue weighted by Gasteiger charge is 2.22. The molecule has 0 unspecified atom stereocenters. The maximum atomic E-state index is 12.9. The van der Waals surface area contributed by atoms with Gasteiger partial charge in [-0.05, 0) is 19.1 Å². The topological polar surface area (TPSA) is 49.3 Å². The number of aliphatic hydroxyl groups excluding tert-OH is 1. The lowest BCUT2D eigenvalue weighted by atomic mass is 10.2. The van der Waals surface area contributed by atoms with Crippen LogP contribution in [0.15, 0.2) is 30.3 Å². The highest BCUT2D eigenvalue weighted by atomic mass is 19.1. The van der Waals surface area contributed by atoms with Crippen LogP contribution in [0, 0.1) is 0 Å². The Kier molecular flexibility index (Phi) is 3.59. The number of carbonyl (C=O) groups excluding carboxylic acids is 1. The SMILES string of the molecule is C[C@H](O)[C@H](F)C(=O)Nc1ccccc1. The van der Waals surface area contributed by atoms with Gasteiger partial charge in [-0.25, -0.2) is 4.39 Å². The summed E-state index contributed by atoms with van der Waals surface area (Å²) < 4.78 is 12.9. The van der Waals surface area contributed by atoms with Gasteiger partial charge in [0.05, 0.1) is 6.10 Å². The number of benzene rings is 1. The number of anilines is 1. The Morgan fingerprint density at radius 1 is 1.43 bits per heavy atom. The molecule has 0 aliphatic rings. The molecule has 0 bridgehead atoms. The molecule has 0 fully saturated rings. The third kappa shape index (κ3) is 2.81. The van der Waals surface area contributed by atoms with Crippen molar-refractivity contribution < 1.29 is 14.3 Å². The Balaban J connectivity index is 2.58. The average Bonchev–Trinajstić information content (AvgIpc) is 2.18. The minimum absolute atomic E-state index is 0.515. The summed E-state index contributed by atoms with van der Waals surface area (Å²) in [5, 5.41) is 11.2. The van der Waals surface area contributed by atoms with E-state index < -0.39 is 18.2 Å². The molecule has 76 valence electrons. The summed E-state index contributed by atoms with van der Waals surface area (Å²) in [7, 11) is 0. The van der Waals surface area contributed by atoms with Crippen LogP contribution < -0.4 is 5.32 Å². The van der Waals surface area contributed by atoms with Crippen molar-refractivity contribution in [2.75, 3.05) is 5.32 Å². The zero-order chi connectivity index (χ0) is 10.6. The molecule has 0 spiro atoms. The molecule has 1 aromatic carbocycles. The van der Waals surface area contributed by atoms with Gasteiger partial charge in [-0.3, -0.25) is 4.79 Å². The molecule has 0 saturated heterocycles. The van der Waals surface area contributed by atoms with Crippen molar-refractivity contribution in [2.45, 2.75) is 19.2 Å². The molecule has 2 N–H and O–H groups in total. The third-order valence-electron chi connectivity index (χ3n) is 1.72. The standard InChI is InChI=1S/C10H12FNO2/c1-7(13)9(11)10(14)12-8-5-3-2-4-6-8/h2-7,9,13H,1H3,(H,12,14)/t7-,9-/m0/s1. The van der Waals surface area contributed by atoms with E-state index >= 15 is 0 Å². The number of hydrogen-bond donors (Lipinski definition) is 2. The fourth-order valence-corrected chi connectivity index (χ4v) is 0.952. The smallest absolute Gasteiger partial charge is 0.261 e. The summed E-state index contributed by atoms with van der Waals surface area (Å²) in [6.45, 7) is 1.23. The van der Waals surface area contributed by atoms with Gasteiger partial charge in [-0.15, -0.1) is 0 Å². The van der Waals surface area contributed by atoms with Crippen molar-refractivity contribution in [1.82, 2.24) is 0 Å². The molecule has 0 aliphatic carbocycles. The maximum Gasteiger partial charge on any atom is 0.261 e. The van der Waals surface area contributed by atoms with E-state index in [1.807, 2.05) is 0 Å². The molecule has 2 atom stereocenters. The number of para-hydroxylation sites is 1. The Bertz CT molecular complexity index is 300. The second kappa shape index (κ2) is 4.72. The second-order valence-electron chi connectivity index (χ2n) is 3.00. The third-order valence-corrected chi connectivity index (χ3v) is 1.72. The maximum absolute atomic E-state index is 12.9. The molecule has 0 aliphatic heterocycles. The highest BCUT2D eigenvalue weighted by Crippen LogP contribution is 2.08. The van der Waals surface area contributed by atoms with Crippen molar-refractivity contribution in [2.24, 2.45) is 0 Å². The number of hydrogen-bond acceptors (Lipinski definition) is 2. The summed E-state index contributed by atoms with van der Waals surface area (Å²) in [6, 6.07) is 8.53. The molecule has 14 heavy (non-hydrogen) atoms. The quantitative estimate of drug-likeness (QED) is 0.768. The van der Waals surface area contributed by atoms with Crippen molar-refractivity contribution in [3.63, 3.8) is 0 Å². The van der Waals surface area contributed by atoms with Crippen LogP contribution in [0.2, 0.25) is 0 Å². The van der Waals surface area contributed by atoms with Crippen LogP contribution in [-0.2, 0) is 4.79 Å². The number of amides is 1. The van der Waals surface area contributed by atoms with Crippen LogP contribution in [0.25, 0.3) is 0 Å². The van der Waals surface area contributed by atoms with Crippen molar-refractivity contribution in [3.05, 3.63) is 30.3 Å².